The lowest BCUT2D eigenvalue weighted by Gasteiger charge is -2.23. The molecule has 0 aromatic heterocycles. The van der Waals surface area contributed by atoms with Crippen molar-refractivity contribution in [3.05, 3.63) is 59.7 Å². The highest BCUT2D eigenvalue weighted by Crippen LogP contribution is 2.48. The summed E-state index contributed by atoms with van der Waals surface area (Å²) in [6, 6.07) is 10.0. The van der Waals surface area contributed by atoms with Gasteiger partial charge in [-0.25, -0.2) is 0 Å². The molecule has 3 rings (SSSR count). The van der Waals surface area contributed by atoms with Gasteiger partial charge >= 0.3 is 0 Å². The number of hydrogen-bond acceptors (Lipinski definition) is 3. The van der Waals surface area contributed by atoms with Crippen LogP contribution in [-0.4, -0.2) is 46.8 Å². The molecule has 2 N–H and O–H groups in total. The third-order valence-corrected chi connectivity index (χ3v) is 6.67. The number of hydrogen-bond donors (Lipinski definition) is 2. The van der Waals surface area contributed by atoms with Crippen LogP contribution in [0, 0.1) is 17.8 Å². The zero-order chi connectivity index (χ0) is 21.7. The topological polar surface area (TPSA) is 60.8 Å². The van der Waals surface area contributed by atoms with Crippen molar-refractivity contribution in [3.63, 3.8) is 0 Å². The van der Waals surface area contributed by atoms with Gasteiger partial charge in [-0.1, -0.05) is 54.1 Å². The molecule has 0 radical (unpaired) electrons. The number of allylic oxidation sites excluding steroid dienone is 2. The third kappa shape index (κ3) is 6.05. The minimum Gasteiger partial charge on any atom is -0.392 e. The fourth-order valence-corrected chi connectivity index (χ4v) is 5.03. The maximum atomic E-state index is 11.7. The van der Waals surface area contributed by atoms with Crippen LogP contribution in [0.25, 0.3) is 0 Å². The Hall–Kier alpha value is -1.91. The molecule has 1 saturated carbocycles. The molecule has 1 aromatic rings. The van der Waals surface area contributed by atoms with Gasteiger partial charge in [-0.2, -0.15) is 0 Å². The Balaban J connectivity index is 1.51. The summed E-state index contributed by atoms with van der Waals surface area (Å²) in [7, 11) is 3.61. The number of carbonyl (C=O) groups excluding carboxylic acids is 1. The van der Waals surface area contributed by atoms with Gasteiger partial charge in [0.05, 0.1) is 11.7 Å². The number of amides is 1. The van der Waals surface area contributed by atoms with E-state index in [9.17, 15) is 15.0 Å². The fraction of sp³-hybridized carbons (Fsp3) is 0.577. The number of fused-ring (bicyclic) bond motifs is 1. The Morgan fingerprint density at radius 1 is 1.23 bits per heavy atom. The van der Waals surface area contributed by atoms with Crippen LogP contribution in [0.4, 0.5) is 0 Å². The highest BCUT2D eigenvalue weighted by molar-refractivity contribution is 5.75. The summed E-state index contributed by atoms with van der Waals surface area (Å²) >= 11 is 0. The molecule has 164 valence electrons. The van der Waals surface area contributed by atoms with Crippen molar-refractivity contribution in [1.29, 1.82) is 0 Å². The SMILES string of the molecule is CN(C)C(=O)CCCCC1=C[C@H]2C[C@@H](O)[C@H](C=C[C@](C)(O)Cc3ccccc3)[C@H]2C1. The summed E-state index contributed by atoms with van der Waals surface area (Å²) in [5.41, 5.74) is 1.66. The Morgan fingerprint density at radius 2 is 1.97 bits per heavy atom. The van der Waals surface area contributed by atoms with E-state index in [0.29, 0.717) is 24.7 Å². The number of aliphatic hydroxyl groups is 2. The Labute approximate surface area is 181 Å². The number of benzene rings is 1. The fourth-order valence-electron chi connectivity index (χ4n) is 5.03. The quantitative estimate of drug-likeness (QED) is 0.474. The number of nitrogens with zero attached hydrogens (tertiary/aromatic N) is 1. The van der Waals surface area contributed by atoms with Crippen molar-refractivity contribution in [2.75, 3.05) is 14.1 Å². The van der Waals surface area contributed by atoms with Crippen molar-refractivity contribution >= 4 is 5.91 Å². The van der Waals surface area contributed by atoms with Crippen molar-refractivity contribution in [3.8, 4) is 0 Å². The summed E-state index contributed by atoms with van der Waals surface area (Å²) < 4.78 is 0. The lowest BCUT2D eigenvalue weighted by atomic mass is 9.87. The number of carbonyl (C=O) groups is 1. The van der Waals surface area contributed by atoms with Crippen LogP contribution in [0.3, 0.4) is 0 Å². The van der Waals surface area contributed by atoms with E-state index in [1.807, 2.05) is 43.3 Å². The molecular weight excluding hydrogens is 374 g/mol. The Morgan fingerprint density at radius 3 is 2.67 bits per heavy atom. The van der Waals surface area contributed by atoms with Crippen LogP contribution < -0.4 is 0 Å². The summed E-state index contributed by atoms with van der Waals surface area (Å²) in [4.78, 5) is 13.4. The van der Waals surface area contributed by atoms with Crippen molar-refractivity contribution < 1.29 is 15.0 Å². The lowest BCUT2D eigenvalue weighted by molar-refractivity contribution is -0.128. The van der Waals surface area contributed by atoms with Gasteiger partial charge in [-0.15, -0.1) is 0 Å². The molecule has 4 heteroatoms. The molecule has 0 saturated heterocycles. The van der Waals surface area contributed by atoms with Crippen LogP contribution in [-0.2, 0) is 11.2 Å². The van der Waals surface area contributed by atoms with Gasteiger partial charge < -0.3 is 15.1 Å². The maximum absolute atomic E-state index is 11.7. The number of unbranched alkanes of at least 4 members (excludes halogenated alkanes) is 1. The number of aliphatic hydroxyl groups excluding tert-OH is 1. The second-order valence-electron chi connectivity index (χ2n) is 9.61. The molecule has 4 nitrogen and oxygen atoms in total. The first-order valence-electron chi connectivity index (χ1n) is 11.3. The molecule has 0 aliphatic heterocycles. The molecule has 1 aromatic carbocycles. The zero-order valence-corrected chi connectivity index (χ0v) is 18.6. The average molecular weight is 412 g/mol. The van der Waals surface area contributed by atoms with E-state index in [4.69, 9.17) is 0 Å². The van der Waals surface area contributed by atoms with Crippen LogP contribution in [0.15, 0.2) is 54.1 Å². The molecular formula is C26H37NO3. The molecule has 0 unspecified atom stereocenters. The first kappa shape index (κ1) is 22.8. The van der Waals surface area contributed by atoms with Gasteiger partial charge in [0.1, 0.15) is 0 Å². The Bertz CT molecular complexity index is 766. The largest absolute Gasteiger partial charge is 0.392 e. The summed E-state index contributed by atoms with van der Waals surface area (Å²) in [5.74, 6) is 1.17. The smallest absolute Gasteiger partial charge is 0.222 e. The minimum atomic E-state index is -0.924. The van der Waals surface area contributed by atoms with E-state index in [2.05, 4.69) is 12.2 Å². The number of rotatable bonds is 9. The van der Waals surface area contributed by atoms with E-state index in [0.717, 1.165) is 37.7 Å². The van der Waals surface area contributed by atoms with Crippen LogP contribution in [0.2, 0.25) is 0 Å². The first-order chi connectivity index (χ1) is 14.2. The normalized spacial score (nSPS) is 27.7. The second-order valence-corrected chi connectivity index (χ2v) is 9.61. The van der Waals surface area contributed by atoms with Gasteiger partial charge in [0.2, 0.25) is 5.91 Å². The standard InChI is InChI=1S/C26H37NO3/c1-26(30,18-19-9-5-4-6-10-19)14-13-22-23-16-20(15-21(23)17-24(22)28)11-7-8-12-25(29)27(2)3/h4-6,9-10,13-15,21-24,28,30H,7-8,11-12,16-18H2,1-3H3/t21-,22+,23-,24+,26-/m0/s1. The molecule has 1 fully saturated rings. The van der Waals surface area contributed by atoms with E-state index in [1.54, 1.807) is 19.0 Å². The molecule has 0 bridgehead atoms. The molecule has 30 heavy (non-hydrogen) atoms. The predicted octanol–water partition coefficient (Wildman–Crippen LogP) is 4.13. The van der Waals surface area contributed by atoms with Gasteiger partial charge in [-0.3, -0.25) is 4.79 Å². The highest BCUT2D eigenvalue weighted by atomic mass is 16.3. The molecule has 0 spiro atoms. The molecule has 2 aliphatic rings. The predicted molar refractivity (Wildman–Crippen MR) is 121 cm³/mol. The maximum Gasteiger partial charge on any atom is 0.222 e. The average Bonchev–Trinajstić information content (AvgIpc) is 3.20. The van der Waals surface area contributed by atoms with Gasteiger partial charge in [-0.05, 0) is 56.4 Å². The third-order valence-electron chi connectivity index (χ3n) is 6.67. The van der Waals surface area contributed by atoms with E-state index in [1.165, 1.54) is 5.57 Å². The molecule has 5 atom stereocenters. The zero-order valence-electron chi connectivity index (χ0n) is 18.6. The van der Waals surface area contributed by atoms with Crippen LogP contribution in [0.1, 0.15) is 51.0 Å². The summed E-state index contributed by atoms with van der Waals surface area (Å²) in [5, 5.41) is 21.4. The second kappa shape index (κ2) is 9.93. The van der Waals surface area contributed by atoms with Crippen molar-refractivity contribution in [2.24, 2.45) is 17.8 Å². The van der Waals surface area contributed by atoms with Gasteiger partial charge in [0, 0.05) is 32.9 Å². The molecule has 1 amide bonds. The van der Waals surface area contributed by atoms with E-state index < -0.39 is 5.60 Å². The molecule has 2 aliphatic carbocycles. The minimum absolute atomic E-state index is 0.0984. The highest BCUT2D eigenvalue weighted by Gasteiger charge is 2.43. The van der Waals surface area contributed by atoms with Crippen LogP contribution in [0.5, 0.6) is 0 Å². The van der Waals surface area contributed by atoms with E-state index in [-0.39, 0.29) is 17.9 Å². The monoisotopic (exact) mass is 411 g/mol. The Kier molecular flexibility index (Phi) is 7.54. The van der Waals surface area contributed by atoms with E-state index >= 15 is 0 Å². The molecule has 0 heterocycles. The van der Waals surface area contributed by atoms with Crippen LogP contribution >= 0.6 is 0 Å². The lowest BCUT2D eigenvalue weighted by Crippen LogP contribution is -2.26. The first-order valence-corrected chi connectivity index (χ1v) is 11.3. The van der Waals surface area contributed by atoms with Gasteiger partial charge in [0.15, 0.2) is 0 Å². The van der Waals surface area contributed by atoms with Crippen molar-refractivity contribution in [2.45, 2.75) is 63.6 Å². The summed E-state index contributed by atoms with van der Waals surface area (Å²) in [6.45, 7) is 1.84. The van der Waals surface area contributed by atoms with Crippen molar-refractivity contribution in [1.82, 2.24) is 4.90 Å². The van der Waals surface area contributed by atoms with Gasteiger partial charge in [0.25, 0.3) is 0 Å². The summed E-state index contributed by atoms with van der Waals surface area (Å²) in [6.07, 6.45) is 12.0.